The summed E-state index contributed by atoms with van der Waals surface area (Å²) in [6, 6.07) is 6.05. The number of hydrogen-bond donors (Lipinski definition) is 0. The van der Waals surface area contributed by atoms with E-state index in [4.69, 9.17) is 0 Å². The molecule has 1 fully saturated rings. The van der Waals surface area contributed by atoms with E-state index in [-0.39, 0.29) is 24.0 Å². The van der Waals surface area contributed by atoms with Gasteiger partial charge in [-0.1, -0.05) is 19.1 Å². The number of halogens is 2. The molecule has 7 heteroatoms. The molecule has 23 heavy (non-hydrogen) atoms. The molecule has 2 rings (SSSR count). The average molecular weight is 326 g/mol. The molecule has 0 bridgehead atoms. The van der Waals surface area contributed by atoms with Gasteiger partial charge in [0.1, 0.15) is 5.75 Å². The highest BCUT2D eigenvalue weighted by molar-refractivity contribution is 5.80. The molecule has 1 saturated heterocycles. The third-order valence-electron chi connectivity index (χ3n) is 3.79. The molecule has 0 N–H and O–H groups in total. The molecule has 0 radical (unpaired) electrons. The minimum Gasteiger partial charge on any atom is -0.435 e. The number of carbonyl (C=O) groups is 2. The first-order valence-corrected chi connectivity index (χ1v) is 7.59. The summed E-state index contributed by atoms with van der Waals surface area (Å²) >= 11 is 0. The summed E-state index contributed by atoms with van der Waals surface area (Å²) in [5, 5.41) is 0. The van der Waals surface area contributed by atoms with E-state index in [9.17, 15) is 18.4 Å². The van der Waals surface area contributed by atoms with E-state index >= 15 is 0 Å². The Bertz CT molecular complexity index is 541. The Kier molecular flexibility index (Phi) is 5.90. The Morgan fingerprint density at radius 3 is 2.04 bits per heavy atom. The summed E-state index contributed by atoms with van der Waals surface area (Å²) in [6.07, 6.45) is 0.678. The fraction of sp³-hybridized carbons (Fsp3) is 0.500. The second kappa shape index (κ2) is 7.89. The highest BCUT2D eigenvalue weighted by Gasteiger charge is 2.23. The molecule has 1 aliphatic rings. The van der Waals surface area contributed by atoms with Crippen molar-refractivity contribution in [3.8, 4) is 5.75 Å². The van der Waals surface area contributed by atoms with Gasteiger partial charge in [0.05, 0.1) is 6.42 Å². The number of alkyl halides is 2. The van der Waals surface area contributed by atoms with E-state index in [1.807, 2.05) is 6.92 Å². The summed E-state index contributed by atoms with van der Waals surface area (Å²) in [5.74, 6) is 0.144. The standard InChI is InChI=1S/C16H20F2N2O3/c1-2-14(21)19-7-9-20(10-8-19)15(22)11-12-3-5-13(6-4-12)23-16(17)18/h3-6,16H,2,7-11H2,1H3. The van der Waals surface area contributed by atoms with Crippen molar-refractivity contribution in [3.63, 3.8) is 0 Å². The van der Waals surface area contributed by atoms with Gasteiger partial charge in [-0.15, -0.1) is 0 Å². The number of hydrogen-bond acceptors (Lipinski definition) is 3. The molecule has 1 aliphatic heterocycles. The summed E-state index contributed by atoms with van der Waals surface area (Å²) in [5.41, 5.74) is 0.740. The minimum absolute atomic E-state index is 0.0314. The van der Waals surface area contributed by atoms with Crippen molar-refractivity contribution in [2.75, 3.05) is 26.2 Å². The first-order valence-electron chi connectivity index (χ1n) is 7.59. The maximum atomic E-state index is 12.2. The topological polar surface area (TPSA) is 49.9 Å². The summed E-state index contributed by atoms with van der Waals surface area (Å²) in [6.45, 7) is 1.12. The van der Waals surface area contributed by atoms with Gasteiger partial charge in [-0.05, 0) is 17.7 Å². The first-order chi connectivity index (χ1) is 11.0. The van der Waals surface area contributed by atoms with Crippen LogP contribution in [0.5, 0.6) is 5.75 Å². The maximum Gasteiger partial charge on any atom is 0.387 e. The Morgan fingerprint density at radius 1 is 1.04 bits per heavy atom. The Morgan fingerprint density at radius 2 is 1.57 bits per heavy atom. The summed E-state index contributed by atoms with van der Waals surface area (Å²) < 4.78 is 28.4. The van der Waals surface area contributed by atoms with Gasteiger partial charge in [0.25, 0.3) is 0 Å². The van der Waals surface area contributed by atoms with Crippen molar-refractivity contribution in [2.24, 2.45) is 0 Å². The van der Waals surface area contributed by atoms with Gasteiger partial charge in [0.15, 0.2) is 0 Å². The lowest BCUT2D eigenvalue weighted by atomic mass is 10.1. The Hall–Kier alpha value is -2.18. The number of benzene rings is 1. The number of rotatable bonds is 5. The molecule has 0 unspecified atom stereocenters. The van der Waals surface area contributed by atoms with E-state index in [0.29, 0.717) is 32.6 Å². The zero-order valence-corrected chi connectivity index (χ0v) is 13.0. The zero-order valence-electron chi connectivity index (χ0n) is 13.0. The normalized spacial score (nSPS) is 15.0. The lowest BCUT2D eigenvalue weighted by molar-refractivity contribution is -0.139. The highest BCUT2D eigenvalue weighted by atomic mass is 19.3. The third kappa shape index (κ3) is 4.91. The zero-order chi connectivity index (χ0) is 16.8. The van der Waals surface area contributed by atoms with Crippen molar-refractivity contribution < 1.29 is 23.1 Å². The summed E-state index contributed by atoms with van der Waals surface area (Å²) in [4.78, 5) is 27.3. The second-order valence-electron chi connectivity index (χ2n) is 5.31. The predicted octanol–water partition coefficient (Wildman–Crippen LogP) is 1.91. The molecule has 126 valence electrons. The van der Waals surface area contributed by atoms with Crippen LogP contribution in [-0.2, 0) is 16.0 Å². The molecule has 0 aromatic heterocycles. The molecular weight excluding hydrogens is 306 g/mol. The number of carbonyl (C=O) groups excluding carboxylic acids is 2. The van der Waals surface area contributed by atoms with E-state index in [1.165, 1.54) is 12.1 Å². The molecule has 0 saturated carbocycles. The van der Waals surface area contributed by atoms with Crippen molar-refractivity contribution in [1.82, 2.24) is 9.80 Å². The van der Waals surface area contributed by atoms with Crippen LogP contribution in [0, 0.1) is 0 Å². The van der Waals surface area contributed by atoms with Crippen LogP contribution in [0.4, 0.5) is 8.78 Å². The first kappa shape index (κ1) is 17.2. The molecule has 0 spiro atoms. The number of piperazine rings is 1. The SMILES string of the molecule is CCC(=O)N1CCN(C(=O)Cc2ccc(OC(F)F)cc2)CC1. The van der Waals surface area contributed by atoms with Gasteiger partial charge in [-0.25, -0.2) is 0 Å². The molecule has 1 aromatic rings. The fourth-order valence-corrected chi connectivity index (χ4v) is 2.50. The van der Waals surface area contributed by atoms with Gasteiger partial charge in [-0.3, -0.25) is 9.59 Å². The van der Waals surface area contributed by atoms with Crippen LogP contribution < -0.4 is 4.74 Å². The summed E-state index contributed by atoms with van der Waals surface area (Å²) in [7, 11) is 0. The lowest BCUT2D eigenvalue weighted by Gasteiger charge is -2.34. The monoisotopic (exact) mass is 326 g/mol. The number of amides is 2. The Labute approximate surface area is 133 Å². The van der Waals surface area contributed by atoms with Crippen LogP contribution in [0.3, 0.4) is 0 Å². The van der Waals surface area contributed by atoms with Crippen molar-refractivity contribution in [1.29, 1.82) is 0 Å². The van der Waals surface area contributed by atoms with Gasteiger partial charge < -0.3 is 14.5 Å². The second-order valence-corrected chi connectivity index (χ2v) is 5.31. The molecule has 1 heterocycles. The largest absolute Gasteiger partial charge is 0.435 e. The van der Waals surface area contributed by atoms with Gasteiger partial charge in [-0.2, -0.15) is 8.78 Å². The lowest BCUT2D eigenvalue weighted by Crippen LogP contribution is -2.50. The third-order valence-corrected chi connectivity index (χ3v) is 3.79. The predicted molar refractivity (Wildman–Crippen MR) is 80.2 cm³/mol. The fourth-order valence-electron chi connectivity index (χ4n) is 2.50. The maximum absolute atomic E-state index is 12.2. The number of nitrogens with zero attached hydrogens (tertiary/aromatic N) is 2. The van der Waals surface area contributed by atoms with Gasteiger partial charge in [0, 0.05) is 32.6 Å². The average Bonchev–Trinajstić information content (AvgIpc) is 2.55. The van der Waals surface area contributed by atoms with Gasteiger partial charge in [0.2, 0.25) is 11.8 Å². The molecular formula is C16H20F2N2O3. The smallest absolute Gasteiger partial charge is 0.387 e. The van der Waals surface area contributed by atoms with Crippen LogP contribution in [0.1, 0.15) is 18.9 Å². The van der Waals surface area contributed by atoms with Gasteiger partial charge >= 0.3 is 6.61 Å². The Balaban J connectivity index is 1.84. The van der Waals surface area contributed by atoms with Crippen LogP contribution in [-0.4, -0.2) is 54.4 Å². The van der Waals surface area contributed by atoms with E-state index in [0.717, 1.165) is 5.56 Å². The van der Waals surface area contributed by atoms with E-state index < -0.39 is 6.61 Å². The van der Waals surface area contributed by atoms with Crippen LogP contribution >= 0.6 is 0 Å². The van der Waals surface area contributed by atoms with E-state index in [1.54, 1.807) is 21.9 Å². The van der Waals surface area contributed by atoms with Crippen LogP contribution in [0.15, 0.2) is 24.3 Å². The van der Waals surface area contributed by atoms with Crippen molar-refractivity contribution in [2.45, 2.75) is 26.4 Å². The quantitative estimate of drug-likeness (QED) is 0.830. The van der Waals surface area contributed by atoms with Crippen LogP contribution in [0.25, 0.3) is 0 Å². The molecule has 5 nitrogen and oxygen atoms in total. The molecule has 2 amide bonds. The van der Waals surface area contributed by atoms with Crippen molar-refractivity contribution in [3.05, 3.63) is 29.8 Å². The van der Waals surface area contributed by atoms with Crippen molar-refractivity contribution >= 4 is 11.8 Å². The number of ether oxygens (including phenoxy) is 1. The molecule has 0 atom stereocenters. The highest BCUT2D eigenvalue weighted by Crippen LogP contribution is 2.16. The molecule has 1 aromatic carbocycles. The minimum atomic E-state index is -2.86. The van der Waals surface area contributed by atoms with E-state index in [2.05, 4.69) is 4.74 Å². The molecule has 0 aliphatic carbocycles. The van der Waals surface area contributed by atoms with Crippen LogP contribution in [0.2, 0.25) is 0 Å².